The summed E-state index contributed by atoms with van der Waals surface area (Å²) in [5, 5.41) is 0. The van der Waals surface area contributed by atoms with Crippen LogP contribution in [0, 0.1) is 25.5 Å². The predicted octanol–water partition coefficient (Wildman–Crippen LogP) is 4.35. The van der Waals surface area contributed by atoms with E-state index in [1.165, 1.54) is 0 Å². The van der Waals surface area contributed by atoms with Crippen LogP contribution in [0.5, 0.6) is 0 Å². The number of likely N-dealkylation sites (tertiary alicyclic amines) is 1. The molecule has 0 radical (unpaired) electrons. The molecule has 1 fully saturated rings. The van der Waals surface area contributed by atoms with Crippen molar-refractivity contribution in [1.29, 1.82) is 0 Å². The van der Waals surface area contributed by atoms with Gasteiger partial charge in [-0.2, -0.15) is 0 Å². The molecule has 0 N–H and O–H groups in total. The molecule has 0 aromatic heterocycles. The Labute approximate surface area is 168 Å². The van der Waals surface area contributed by atoms with Gasteiger partial charge in [-0.15, -0.1) is 0 Å². The molecule has 29 heavy (non-hydrogen) atoms. The molecule has 1 saturated heterocycles. The van der Waals surface area contributed by atoms with Gasteiger partial charge in [-0.05, 0) is 56.4 Å². The van der Waals surface area contributed by atoms with Crippen LogP contribution in [0.4, 0.5) is 14.5 Å². The fourth-order valence-electron chi connectivity index (χ4n) is 4.14. The Morgan fingerprint density at radius 3 is 2.28 bits per heavy atom. The molecule has 0 saturated carbocycles. The van der Waals surface area contributed by atoms with Gasteiger partial charge >= 0.3 is 0 Å². The molecule has 2 amide bonds. The van der Waals surface area contributed by atoms with Crippen LogP contribution in [0.15, 0.2) is 42.1 Å². The van der Waals surface area contributed by atoms with Crippen molar-refractivity contribution >= 4 is 23.1 Å². The molecule has 2 aromatic carbocycles. The SMILES string of the molecule is Cc1ccc(C2=C(N3CCCCC3)C(=O)N(c3cc(F)ccc3F)C2=O)c(C)c1. The van der Waals surface area contributed by atoms with Gasteiger partial charge in [0, 0.05) is 19.2 Å². The molecule has 0 bridgehead atoms. The van der Waals surface area contributed by atoms with E-state index in [-0.39, 0.29) is 17.0 Å². The topological polar surface area (TPSA) is 40.6 Å². The fraction of sp³-hybridized carbons (Fsp3) is 0.304. The van der Waals surface area contributed by atoms with Crippen molar-refractivity contribution in [2.45, 2.75) is 33.1 Å². The van der Waals surface area contributed by atoms with Crippen LogP contribution in [0.25, 0.3) is 5.57 Å². The molecule has 0 unspecified atom stereocenters. The lowest BCUT2D eigenvalue weighted by atomic mass is 9.96. The number of hydrogen-bond acceptors (Lipinski definition) is 3. The molecule has 4 nitrogen and oxygen atoms in total. The third-order valence-electron chi connectivity index (χ3n) is 5.53. The summed E-state index contributed by atoms with van der Waals surface area (Å²) in [6.45, 7) is 5.14. The lowest BCUT2D eigenvalue weighted by Crippen LogP contribution is -2.37. The zero-order chi connectivity index (χ0) is 20.7. The summed E-state index contributed by atoms with van der Waals surface area (Å²) in [5.41, 5.74) is 2.74. The number of anilines is 1. The van der Waals surface area contributed by atoms with Gasteiger partial charge in [0.1, 0.15) is 17.3 Å². The minimum atomic E-state index is -0.812. The minimum absolute atomic E-state index is 0.262. The Hall–Kier alpha value is -3.02. The molecule has 150 valence electrons. The first-order valence-corrected chi connectivity index (χ1v) is 9.79. The summed E-state index contributed by atoms with van der Waals surface area (Å²) in [6.07, 6.45) is 2.89. The second-order valence-corrected chi connectivity index (χ2v) is 7.63. The molecule has 0 atom stereocenters. The molecule has 2 aliphatic rings. The molecular weight excluding hydrogens is 374 g/mol. The lowest BCUT2D eigenvalue weighted by Gasteiger charge is -2.29. The standard InChI is InChI=1S/C23H22F2N2O2/c1-14-6-8-17(15(2)12-14)20-21(26-10-4-3-5-11-26)23(29)27(22(20)28)19-13-16(24)7-9-18(19)25/h6-9,12-13H,3-5,10-11H2,1-2H3. The van der Waals surface area contributed by atoms with Crippen molar-refractivity contribution in [3.63, 3.8) is 0 Å². The summed E-state index contributed by atoms with van der Waals surface area (Å²) in [7, 11) is 0. The Morgan fingerprint density at radius 2 is 1.59 bits per heavy atom. The maximum atomic E-state index is 14.5. The number of hydrogen-bond donors (Lipinski definition) is 0. The second kappa shape index (κ2) is 7.43. The van der Waals surface area contributed by atoms with Crippen LogP contribution in [-0.2, 0) is 9.59 Å². The monoisotopic (exact) mass is 396 g/mol. The summed E-state index contributed by atoms with van der Waals surface area (Å²) in [5.74, 6) is -2.74. The number of rotatable bonds is 3. The Bertz CT molecular complexity index is 1040. The number of aryl methyl sites for hydroxylation is 2. The average Bonchev–Trinajstić information content (AvgIpc) is 2.95. The average molecular weight is 396 g/mol. The number of benzene rings is 2. The minimum Gasteiger partial charge on any atom is -0.366 e. The molecule has 2 heterocycles. The quantitative estimate of drug-likeness (QED) is 0.724. The van der Waals surface area contributed by atoms with Gasteiger partial charge in [-0.1, -0.05) is 23.8 Å². The van der Waals surface area contributed by atoms with Crippen LogP contribution in [-0.4, -0.2) is 29.8 Å². The highest BCUT2D eigenvalue weighted by molar-refractivity contribution is 6.45. The van der Waals surface area contributed by atoms with Gasteiger partial charge in [0.2, 0.25) is 0 Å². The normalized spacial score (nSPS) is 17.5. The number of carbonyl (C=O) groups is 2. The smallest absolute Gasteiger partial charge is 0.282 e. The lowest BCUT2D eigenvalue weighted by molar-refractivity contribution is -0.120. The van der Waals surface area contributed by atoms with Crippen LogP contribution < -0.4 is 4.90 Å². The van der Waals surface area contributed by atoms with Crippen molar-refractivity contribution in [1.82, 2.24) is 4.90 Å². The summed E-state index contributed by atoms with van der Waals surface area (Å²) in [6, 6.07) is 8.44. The number of amides is 2. The van der Waals surface area contributed by atoms with Crippen molar-refractivity contribution in [3.05, 3.63) is 70.4 Å². The number of piperidine rings is 1. The highest BCUT2D eigenvalue weighted by atomic mass is 19.1. The van der Waals surface area contributed by atoms with Crippen molar-refractivity contribution in [3.8, 4) is 0 Å². The van der Waals surface area contributed by atoms with E-state index in [0.29, 0.717) is 18.7 Å². The Morgan fingerprint density at radius 1 is 0.862 bits per heavy atom. The van der Waals surface area contributed by atoms with Crippen LogP contribution in [0.2, 0.25) is 0 Å². The Balaban J connectivity index is 1.89. The number of halogens is 2. The summed E-state index contributed by atoms with van der Waals surface area (Å²) in [4.78, 5) is 29.4. The van der Waals surface area contributed by atoms with Gasteiger partial charge in [-0.25, -0.2) is 13.7 Å². The highest BCUT2D eigenvalue weighted by Gasteiger charge is 2.44. The zero-order valence-electron chi connectivity index (χ0n) is 16.5. The number of imide groups is 1. The van der Waals surface area contributed by atoms with E-state index in [9.17, 15) is 18.4 Å². The van der Waals surface area contributed by atoms with E-state index in [0.717, 1.165) is 53.5 Å². The molecule has 2 aromatic rings. The molecule has 4 rings (SSSR count). The predicted molar refractivity (Wildman–Crippen MR) is 107 cm³/mol. The molecule has 0 aliphatic carbocycles. The molecule has 2 aliphatic heterocycles. The van der Waals surface area contributed by atoms with E-state index in [1.54, 1.807) is 0 Å². The van der Waals surface area contributed by atoms with E-state index < -0.39 is 23.4 Å². The summed E-state index contributed by atoms with van der Waals surface area (Å²) >= 11 is 0. The van der Waals surface area contributed by atoms with Crippen LogP contribution >= 0.6 is 0 Å². The van der Waals surface area contributed by atoms with Gasteiger partial charge in [0.05, 0.1) is 11.3 Å². The van der Waals surface area contributed by atoms with Crippen LogP contribution in [0.3, 0.4) is 0 Å². The van der Waals surface area contributed by atoms with Crippen molar-refractivity contribution < 1.29 is 18.4 Å². The first kappa shape index (κ1) is 19.3. The second-order valence-electron chi connectivity index (χ2n) is 7.63. The van der Waals surface area contributed by atoms with Gasteiger partial charge < -0.3 is 4.90 Å². The zero-order valence-corrected chi connectivity index (χ0v) is 16.5. The first-order chi connectivity index (χ1) is 13.9. The maximum absolute atomic E-state index is 14.5. The van der Waals surface area contributed by atoms with Crippen LogP contribution in [0.1, 0.15) is 36.0 Å². The fourth-order valence-corrected chi connectivity index (χ4v) is 4.14. The highest BCUT2D eigenvalue weighted by Crippen LogP contribution is 2.38. The van der Waals surface area contributed by atoms with E-state index in [4.69, 9.17) is 0 Å². The van der Waals surface area contributed by atoms with Gasteiger partial charge in [-0.3, -0.25) is 9.59 Å². The summed E-state index contributed by atoms with van der Waals surface area (Å²) < 4.78 is 28.2. The molecule has 0 spiro atoms. The third-order valence-corrected chi connectivity index (χ3v) is 5.53. The maximum Gasteiger partial charge on any atom is 0.282 e. The van der Waals surface area contributed by atoms with E-state index >= 15 is 0 Å². The van der Waals surface area contributed by atoms with Crippen molar-refractivity contribution in [2.24, 2.45) is 0 Å². The number of nitrogens with zero attached hydrogens (tertiary/aromatic N) is 2. The van der Waals surface area contributed by atoms with Gasteiger partial charge in [0.25, 0.3) is 11.8 Å². The van der Waals surface area contributed by atoms with E-state index in [2.05, 4.69) is 0 Å². The Kier molecular flexibility index (Phi) is 4.94. The van der Waals surface area contributed by atoms with Gasteiger partial charge in [0.15, 0.2) is 0 Å². The first-order valence-electron chi connectivity index (χ1n) is 9.79. The third kappa shape index (κ3) is 3.33. The van der Waals surface area contributed by atoms with Crippen molar-refractivity contribution in [2.75, 3.05) is 18.0 Å². The molecule has 6 heteroatoms. The number of carbonyl (C=O) groups excluding carboxylic acids is 2. The largest absolute Gasteiger partial charge is 0.366 e. The van der Waals surface area contributed by atoms with E-state index in [1.807, 2.05) is 36.9 Å². The molecular formula is C23H22F2N2O2.